The number of carboxylic acids is 1. The number of ether oxygens (including phenoxy) is 1. The molecule has 1 fully saturated rings. The summed E-state index contributed by atoms with van der Waals surface area (Å²) in [6, 6.07) is 9.08. The van der Waals surface area contributed by atoms with E-state index in [-0.39, 0.29) is 29.1 Å². The van der Waals surface area contributed by atoms with Crippen molar-refractivity contribution < 1.29 is 28.6 Å². The highest BCUT2D eigenvalue weighted by atomic mass is 19.1. The topological polar surface area (TPSA) is 110 Å². The van der Waals surface area contributed by atoms with Crippen LogP contribution in [0.4, 0.5) is 14.9 Å². The van der Waals surface area contributed by atoms with E-state index in [0.717, 1.165) is 0 Å². The number of ketones is 1. The van der Waals surface area contributed by atoms with Gasteiger partial charge in [0, 0.05) is 5.56 Å². The molecule has 1 unspecified atom stereocenters. The molecule has 1 aliphatic heterocycles. The molecule has 27 heavy (non-hydrogen) atoms. The van der Waals surface area contributed by atoms with Crippen LogP contribution in [0.2, 0.25) is 0 Å². The number of carbonyl (C=O) groups excluding carboxylic acids is 2. The molecule has 1 heterocycles. The van der Waals surface area contributed by atoms with Gasteiger partial charge in [0.05, 0.1) is 17.8 Å². The number of Topliss-reactive ketones (excluding diaryl/α,β-unsaturated/α-hetero) is 1. The Bertz CT molecular complexity index is 913. The van der Waals surface area contributed by atoms with E-state index in [4.69, 9.17) is 15.6 Å². The zero-order valence-electron chi connectivity index (χ0n) is 14.4. The maximum Gasteiger partial charge on any atom is 0.414 e. The van der Waals surface area contributed by atoms with Crippen LogP contribution in [0.5, 0.6) is 0 Å². The summed E-state index contributed by atoms with van der Waals surface area (Å²) in [5.74, 6) is -1.95. The fraction of sp³-hybridized carbons (Fsp3) is 0.211. The Balaban J connectivity index is 1.83. The van der Waals surface area contributed by atoms with E-state index in [1.54, 1.807) is 6.07 Å². The van der Waals surface area contributed by atoms with E-state index in [2.05, 4.69) is 0 Å². The molecule has 3 rings (SSSR count). The highest BCUT2D eigenvalue weighted by Crippen LogP contribution is 2.29. The van der Waals surface area contributed by atoms with Gasteiger partial charge in [0.1, 0.15) is 23.7 Å². The van der Waals surface area contributed by atoms with Gasteiger partial charge in [0.15, 0.2) is 0 Å². The summed E-state index contributed by atoms with van der Waals surface area (Å²) in [7, 11) is 0. The van der Waals surface area contributed by atoms with Crippen LogP contribution in [-0.4, -0.2) is 41.6 Å². The van der Waals surface area contributed by atoms with Crippen LogP contribution in [0.1, 0.15) is 17.3 Å². The quantitative estimate of drug-likeness (QED) is 0.834. The molecule has 3 N–H and O–H groups in total. The number of benzene rings is 2. The van der Waals surface area contributed by atoms with Crippen LogP contribution in [0.3, 0.4) is 0 Å². The second-order valence-corrected chi connectivity index (χ2v) is 6.22. The number of rotatable bonds is 5. The lowest BCUT2D eigenvalue weighted by Gasteiger charge is -2.16. The number of hydrogen-bond acceptors (Lipinski definition) is 5. The van der Waals surface area contributed by atoms with E-state index < -0.39 is 30.0 Å². The van der Waals surface area contributed by atoms with Crippen molar-refractivity contribution in [2.75, 3.05) is 11.4 Å². The van der Waals surface area contributed by atoms with Gasteiger partial charge in [-0.2, -0.15) is 0 Å². The molecule has 2 aromatic carbocycles. The predicted molar refractivity (Wildman–Crippen MR) is 95.1 cm³/mol. The fourth-order valence-electron chi connectivity index (χ4n) is 2.84. The first-order chi connectivity index (χ1) is 12.8. The highest BCUT2D eigenvalue weighted by Gasteiger charge is 2.37. The number of amides is 1. The molecule has 2 atom stereocenters. The predicted octanol–water partition coefficient (Wildman–Crippen LogP) is 2.43. The van der Waals surface area contributed by atoms with Crippen molar-refractivity contribution in [2.45, 2.75) is 19.1 Å². The molecule has 2 aromatic rings. The number of nitrogens with zero attached hydrogens (tertiary/aromatic N) is 1. The van der Waals surface area contributed by atoms with Crippen LogP contribution in [0.15, 0.2) is 42.5 Å². The molecule has 140 valence electrons. The lowest BCUT2D eigenvalue weighted by atomic mass is 10.0. The molecule has 0 spiro atoms. The highest BCUT2D eigenvalue weighted by molar-refractivity contribution is 5.92. The normalized spacial score (nSPS) is 17.5. The van der Waals surface area contributed by atoms with Crippen molar-refractivity contribution in [3.05, 3.63) is 53.8 Å². The maximum absolute atomic E-state index is 14.6. The summed E-state index contributed by atoms with van der Waals surface area (Å²) in [4.78, 5) is 35.5. The van der Waals surface area contributed by atoms with Crippen molar-refractivity contribution in [2.24, 2.45) is 5.73 Å². The van der Waals surface area contributed by atoms with Gasteiger partial charge in [-0.15, -0.1) is 0 Å². The minimum Gasteiger partial charge on any atom is -0.478 e. The Morgan fingerprint density at radius 1 is 1.26 bits per heavy atom. The zero-order chi connectivity index (χ0) is 19.7. The summed E-state index contributed by atoms with van der Waals surface area (Å²) < 4.78 is 19.7. The van der Waals surface area contributed by atoms with Gasteiger partial charge in [-0.05, 0) is 42.8 Å². The average molecular weight is 372 g/mol. The van der Waals surface area contributed by atoms with Crippen molar-refractivity contribution in [3.63, 3.8) is 0 Å². The lowest BCUT2D eigenvalue weighted by molar-refractivity contribution is -0.120. The Labute approximate surface area is 154 Å². The number of hydrogen-bond donors (Lipinski definition) is 2. The molecule has 0 aromatic heterocycles. The third-order valence-electron chi connectivity index (χ3n) is 4.41. The van der Waals surface area contributed by atoms with Crippen LogP contribution in [0.25, 0.3) is 11.1 Å². The first kappa shape index (κ1) is 18.5. The molecule has 1 saturated heterocycles. The van der Waals surface area contributed by atoms with E-state index in [1.165, 1.54) is 48.2 Å². The molecule has 8 heteroatoms. The van der Waals surface area contributed by atoms with Gasteiger partial charge in [0.25, 0.3) is 0 Å². The van der Waals surface area contributed by atoms with Gasteiger partial charge in [-0.1, -0.05) is 12.1 Å². The second-order valence-electron chi connectivity index (χ2n) is 6.22. The molecule has 1 aliphatic rings. The zero-order valence-corrected chi connectivity index (χ0v) is 14.4. The molecular weight excluding hydrogens is 355 g/mol. The maximum atomic E-state index is 14.6. The molecule has 1 amide bonds. The molecule has 0 saturated carbocycles. The van der Waals surface area contributed by atoms with Gasteiger partial charge >= 0.3 is 12.1 Å². The smallest absolute Gasteiger partial charge is 0.414 e. The van der Waals surface area contributed by atoms with Gasteiger partial charge in [-0.3, -0.25) is 9.69 Å². The molecule has 7 nitrogen and oxygen atoms in total. The summed E-state index contributed by atoms with van der Waals surface area (Å²) in [5, 5.41) is 8.92. The van der Waals surface area contributed by atoms with Crippen molar-refractivity contribution in [1.82, 2.24) is 0 Å². The third-order valence-corrected chi connectivity index (χ3v) is 4.41. The summed E-state index contributed by atoms with van der Waals surface area (Å²) in [6.45, 7) is 1.36. The van der Waals surface area contributed by atoms with Crippen molar-refractivity contribution >= 4 is 23.5 Å². The second kappa shape index (κ2) is 7.16. The number of aromatic carboxylic acids is 1. The average Bonchev–Trinajstić information content (AvgIpc) is 3.02. The fourth-order valence-corrected chi connectivity index (χ4v) is 2.84. The Morgan fingerprint density at radius 3 is 2.48 bits per heavy atom. The SMILES string of the molecule is CC(=O)[C@@H](N)C1CN(c2ccc(-c3ccc(C(=O)O)cc3)c(F)c2)C(=O)O1. The molecular formula is C19H17FN2O5. The number of carbonyl (C=O) groups is 3. The van der Waals surface area contributed by atoms with E-state index in [1.807, 2.05) is 0 Å². The third kappa shape index (κ3) is 3.65. The Kier molecular flexibility index (Phi) is 4.91. The minimum atomic E-state index is -1.07. The first-order valence-electron chi connectivity index (χ1n) is 8.15. The van der Waals surface area contributed by atoms with Crippen LogP contribution in [-0.2, 0) is 9.53 Å². The van der Waals surface area contributed by atoms with E-state index >= 15 is 0 Å². The van der Waals surface area contributed by atoms with E-state index in [9.17, 15) is 18.8 Å². The standard InChI is InChI=1S/C19H17FN2O5/c1-10(23)17(21)16-9-22(19(26)27-16)13-6-7-14(15(20)8-13)11-2-4-12(5-3-11)18(24)25/h2-8,16-17H,9,21H2,1H3,(H,24,25)/t16?,17-/m1/s1. The molecule has 0 radical (unpaired) electrons. The molecule has 0 bridgehead atoms. The summed E-state index contributed by atoms with van der Waals surface area (Å²) in [6.07, 6.45) is -1.49. The number of anilines is 1. The largest absolute Gasteiger partial charge is 0.478 e. The lowest BCUT2D eigenvalue weighted by Crippen LogP contribution is -2.43. The number of halogens is 1. The van der Waals surface area contributed by atoms with Crippen LogP contribution < -0.4 is 10.6 Å². The number of carboxylic acid groups (broad SMARTS) is 1. The molecule has 0 aliphatic carbocycles. The minimum absolute atomic E-state index is 0.0473. The summed E-state index contributed by atoms with van der Waals surface area (Å²) in [5.41, 5.74) is 6.87. The van der Waals surface area contributed by atoms with Gasteiger partial charge in [0.2, 0.25) is 0 Å². The Hall–Kier alpha value is -3.26. The van der Waals surface area contributed by atoms with Crippen molar-refractivity contribution in [3.8, 4) is 11.1 Å². The van der Waals surface area contributed by atoms with Crippen LogP contribution >= 0.6 is 0 Å². The first-order valence-corrected chi connectivity index (χ1v) is 8.15. The van der Waals surface area contributed by atoms with Gasteiger partial charge < -0.3 is 15.6 Å². The van der Waals surface area contributed by atoms with E-state index in [0.29, 0.717) is 5.56 Å². The van der Waals surface area contributed by atoms with Crippen LogP contribution in [0, 0.1) is 5.82 Å². The number of nitrogens with two attached hydrogens (primary N) is 1. The number of cyclic esters (lactones) is 1. The van der Waals surface area contributed by atoms with Gasteiger partial charge in [-0.25, -0.2) is 14.0 Å². The monoisotopic (exact) mass is 372 g/mol. The van der Waals surface area contributed by atoms with Crippen molar-refractivity contribution in [1.29, 1.82) is 0 Å². The Morgan fingerprint density at radius 2 is 1.93 bits per heavy atom. The summed E-state index contributed by atoms with van der Waals surface area (Å²) >= 11 is 0.